The Morgan fingerprint density at radius 3 is 2.63 bits per heavy atom. The topological polar surface area (TPSA) is 80.7 Å². The number of nitrogens with one attached hydrogen (secondary N) is 1. The van der Waals surface area contributed by atoms with E-state index in [9.17, 15) is 9.90 Å². The molecule has 6 nitrogen and oxygen atoms in total. The van der Waals surface area contributed by atoms with Gasteiger partial charge >= 0.3 is 0 Å². The summed E-state index contributed by atoms with van der Waals surface area (Å²) in [7, 11) is 1.48. The summed E-state index contributed by atoms with van der Waals surface area (Å²) < 4.78 is 10.7. The SMILES string of the molecule is COc1ccc(C=CC(=O)Nc2cccc(Oc3ccncc3)c2)cc1O. The van der Waals surface area contributed by atoms with E-state index in [0.717, 1.165) is 0 Å². The first-order valence-corrected chi connectivity index (χ1v) is 8.18. The van der Waals surface area contributed by atoms with E-state index in [0.29, 0.717) is 28.5 Å². The number of aromatic nitrogens is 1. The molecule has 0 atom stereocenters. The van der Waals surface area contributed by atoms with Crippen LogP contribution in [0.3, 0.4) is 0 Å². The van der Waals surface area contributed by atoms with E-state index in [4.69, 9.17) is 9.47 Å². The van der Waals surface area contributed by atoms with Crippen LogP contribution >= 0.6 is 0 Å². The molecular weight excluding hydrogens is 344 g/mol. The van der Waals surface area contributed by atoms with E-state index in [2.05, 4.69) is 10.3 Å². The van der Waals surface area contributed by atoms with Crippen LogP contribution in [-0.4, -0.2) is 23.1 Å². The quantitative estimate of drug-likeness (QED) is 0.641. The molecule has 3 rings (SSSR count). The van der Waals surface area contributed by atoms with Crippen molar-refractivity contribution in [3.63, 3.8) is 0 Å². The predicted molar refractivity (Wildman–Crippen MR) is 103 cm³/mol. The average Bonchev–Trinajstić information content (AvgIpc) is 2.67. The molecule has 0 saturated carbocycles. The third-order valence-corrected chi connectivity index (χ3v) is 3.62. The zero-order valence-corrected chi connectivity index (χ0v) is 14.6. The highest BCUT2D eigenvalue weighted by Gasteiger charge is 2.03. The maximum Gasteiger partial charge on any atom is 0.248 e. The molecular formula is C21H18N2O4. The van der Waals surface area contributed by atoms with E-state index in [1.54, 1.807) is 67.0 Å². The molecule has 1 aromatic heterocycles. The van der Waals surface area contributed by atoms with E-state index < -0.39 is 0 Å². The van der Waals surface area contributed by atoms with Gasteiger partial charge in [-0.1, -0.05) is 12.1 Å². The van der Waals surface area contributed by atoms with Crippen molar-refractivity contribution in [2.75, 3.05) is 12.4 Å². The van der Waals surface area contributed by atoms with Crippen LogP contribution in [0.1, 0.15) is 5.56 Å². The number of amides is 1. The highest BCUT2D eigenvalue weighted by Crippen LogP contribution is 2.27. The molecule has 1 heterocycles. The molecule has 136 valence electrons. The Balaban J connectivity index is 1.64. The van der Waals surface area contributed by atoms with Gasteiger partial charge in [-0.3, -0.25) is 9.78 Å². The lowest BCUT2D eigenvalue weighted by atomic mass is 10.2. The number of rotatable bonds is 6. The summed E-state index contributed by atoms with van der Waals surface area (Å²) in [5, 5.41) is 12.5. The minimum absolute atomic E-state index is 0.0148. The molecule has 2 aromatic carbocycles. The van der Waals surface area contributed by atoms with Crippen LogP contribution in [-0.2, 0) is 4.79 Å². The number of methoxy groups -OCH3 is 1. The number of carbonyl (C=O) groups excluding carboxylic acids is 1. The number of anilines is 1. The van der Waals surface area contributed by atoms with E-state index >= 15 is 0 Å². The fraction of sp³-hybridized carbons (Fsp3) is 0.0476. The van der Waals surface area contributed by atoms with Gasteiger partial charge in [0.1, 0.15) is 11.5 Å². The summed E-state index contributed by atoms with van der Waals surface area (Å²) in [5.41, 5.74) is 1.28. The number of hydrogen-bond acceptors (Lipinski definition) is 5. The molecule has 6 heteroatoms. The van der Waals surface area contributed by atoms with E-state index in [1.807, 2.05) is 0 Å². The third kappa shape index (κ3) is 5.09. The van der Waals surface area contributed by atoms with Crippen molar-refractivity contribution in [1.82, 2.24) is 4.98 Å². The number of phenolic OH excluding ortho intramolecular Hbond substituents is 1. The Morgan fingerprint density at radius 2 is 1.89 bits per heavy atom. The number of phenols is 1. The number of carbonyl (C=O) groups is 1. The zero-order valence-electron chi connectivity index (χ0n) is 14.6. The summed E-state index contributed by atoms with van der Waals surface area (Å²) in [5.74, 6) is 1.35. The first-order chi connectivity index (χ1) is 13.1. The second-order valence-corrected chi connectivity index (χ2v) is 5.57. The zero-order chi connectivity index (χ0) is 19.1. The van der Waals surface area contributed by atoms with Gasteiger partial charge in [-0.25, -0.2) is 0 Å². The molecule has 1 amide bonds. The normalized spacial score (nSPS) is 10.6. The number of nitrogens with zero attached hydrogens (tertiary/aromatic N) is 1. The number of hydrogen-bond donors (Lipinski definition) is 2. The molecule has 0 aliphatic rings. The van der Waals surface area contributed by atoms with Crippen LogP contribution in [0.15, 0.2) is 73.1 Å². The van der Waals surface area contributed by atoms with Crippen molar-refractivity contribution in [3.8, 4) is 23.0 Å². The van der Waals surface area contributed by atoms with Gasteiger partial charge < -0.3 is 19.9 Å². The van der Waals surface area contributed by atoms with Gasteiger partial charge in [-0.05, 0) is 48.0 Å². The van der Waals surface area contributed by atoms with Gasteiger partial charge in [0.05, 0.1) is 7.11 Å². The lowest BCUT2D eigenvalue weighted by molar-refractivity contribution is -0.111. The lowest BCUT2D eigenvalue weighted by Crippen LogP contribution is -2.07. The van der Waals surface area contributed by atoms with Crippen LogP contribution in [0, 0.1) is 0 Å². The lowest BCUT2D eigenvalue weighted by Gasteiger charge is -2.08. The molecule has 0 saturated heterocycles. The van der Waals surface area contributed by atoms with Crippen LogP contribution in [0.4, 0.5) is 5.69 Å². The van der Waals surface area contributed by atoms with E-state index in [1.165, 1.54) is 19.3 Å². The third-order valence-electron chi connectivity index (χ3n) is 3.62. The van der Waals surface area contributed by atoms with Crippen molar-refractivity contribution in [1.29, 1.82) is 0 Å². The number of ether oxygens (including phenoxy) is 2. The molecule has 0 spiro atoms. The molecule has 0 aliphatic carbocycles. The number of pyridine rings is 1. The molecule has 0 fully saturated rings. The highest BCUT2D eigenvalue weighted by atomic mass is 16.5. The first-order valence-electron chi connectivity index (χ1n) is 8.18. The van der Waals surface area contributed by atoms with Crippen molar-refractivity contribution < 1.29 is 19.4 Å². The van der Waals surface area contributed by atoms with Gasteiger partial charge in [0, 0.05) is 30.2 Å². The predicted octanol–water partition coefficient (Wildman–Crippen LogP) is 4.24. The highest BCUT2D eigenvalue weighted by molar-refractivity contribution is 6.02. The molecule has 0 unspecified atom stereocenters. The van der Waals surface area contributed by atoms with Gasteiger partial charge in [0.2, 0.25) is 5.91 Å². The molecule has 27 heavy (non-hydrogen) atoms. The van der Waals surface area contributed by atoms with Gasteiger partial charge in [0.15, 0.2) is 11.5 Å². The summed E-state index contributed by atoms with van der Waals surface area (Å²) in [4.78, 5) is 16.1. The van der Waals surface area contributed by atoms with Crippen molar-refractivity contribution in [2.24, 2.45) is 0 Å². The van der Waals surface area contributed by atoms with Crippen LogP contribution < -0.4 is 14.8 Å². The molecule has 0 aliphatic heterocycles. The van der Waals surface area contributed by atoms with E-state index in [-0.39, 0.29) is 11.7 Å². The Morgan fingerprint density at radius 1 is 1.07 bits per heavy atom. The largest absolute Gasteiger partial charge is 0.504 e. The molecule has 0 bridgehead atoms. The summed E-state index contributed by atoms with van der Waals surface area (Å²) in [6.45, 7) is 0. The average molecular weight is 362 g/mol. The van der Waals surface area contributed by atoms with Gasteiger partial charge in [0.25, 0.3) is 0 Å². The maximum absolute atomic E-state index is 12.1. The van der Waals surface area contributed by atoms with Gasteiger partial charge in [-0.2, -0.15) is 0 Å². The Hall–Kier alpha value is -3.80. The minimum Gasteiger partial charge on any atom is -0.504 e. The van der Waals surface area contributed by atoms with Crippen molar-refractivity contribution in [3.05, 3.63) is 78.6 Å². The standard InChI is InChI=1S/C21H18N2O4/c1-26-20-7-5-15(13-19(20)24)6-8-21(25)23-16-3-2-4-18(14-16)27-17-9-11-22-12-10-17/h2-14,24H,1H3,(H,23,25). The smallest absolute Gasteiger partial charge is 0.248 e. The van der Waals surface area contributed by atoms with Gasteiger partial charge in [-0.15, -0.1) is 0 Å². The second-order valence-electron chi connectivity index (χ2n) is 5.57. The van der Waals surface area contributed by atoms with Crippen LogP contribution in [0.2, 0.25) is 0 Å². The van der Waals surface area contributed by atoms with Crippen LogP contribution in [0.25, 0.3) is 6.08 Å². The Bertz CT molecular complexity index is 955. The Labute approximate surface area is 156 Å². The second kappa shape index (κ2) is 8.53. The van der Waals surface area contributed by atoms with Crippen molar-refractivity contribution >= 4 is 17.7 Å². The molecule has 0 radical (unpaired) electrons. The molecule has 3 aromatic rings. The summed E-state index contributed by atoms with van der Waals surface area (Å²) in [6, 6.07) is 15.5. The molecule has 2 N–H and O–H groups in total. The first kappa shape index (κ1) is 18.0. The van der Waals surface area contributed by atoms with Crippen molar-refractivity contribution in [2.45, 2.75) is 0 Å². The minimum atomic E-state index is -0.300. The summed E-state index contributed by atoms with van der Waals surface area (Å²) in [6.07, 6.45) is 6.27. The number of aromatic hydroxyl groups is 1. The number of benzene rings is 2. The monoisotopic (exact) mass is 362 g/mol. The van der Waals surface area contributed by atoms with Crippen LogP contribution in [0.5, 0.6) is 23.0 Å². The fourth-order valence-corrected chi connectivity index (χ4v) is 2.35. The summed E-state index contributed by atoms with van der Waals surface area (Å²) >= 11 is 0. The maximum atomic E-state index is 12.1. The Kier molecular flexibility index (Phi) is 5.69. The fourth-order valence-electron chi connectivity index (χ4n) is 2.35.